The van der Waals surface area contributed by atoms with Gasteiger partial charge in [-0.2, -0.15) is 4.31 Å². The number of ether oxygens (including phenoxy) is 2. The van der Waals surface area contributed by atoms with Crippen molar-refractivity contribution < 1.29 is 22.3 Å². The molecule has 0 aliphatic carbocycles. The van der Waals surface area contributed by atoms with Crippen molar-refractivity contribution in [2.75, 3.05) is 13.2 Å². The molecule has 0 saturated carbocycles. The van der Waals surface area contributed by atoms with Gasteiger partial charge in [0.2, 0.25) is 10.0 Å². The zero-order valence-corrected chi connectivity index (χ0v) is 19.0. The molecule has 0 bridgehead atoms. The van der Waals surface area contributed by atoms with E-state index in [1.165, 1.54) is 10.4 Å². The second kappa shape index (κ2) is 9.40. The van der Waals surface area contributed by atoms with Crippen LogP contribution in [0.2, 0.25) is 0 Å². The Kier molecular flexibility index (Phi) is 6.60. The molecule has 0 unspecified atom stereocenters. The molecule has 7 heteroatoms. The van der Waals surface area contributed by atoms with E-state index in [1.54, 1.807) is 31.2 Å². The van der Waals surface area contributed by atoms with Crippen LogP contribution in [0.25, 0.3) is 0 Å². The molecule has 1 aliphatic rings. The van der Waals surface area contributed by atoms with Crippen molar-refractivity contribution in [3.8, 4) is 5.75 Å². The predicted octanol–water partition coefficient (Wildman–Crippen LogP) is 4.74. The summed E-state index contributed by atoms with van der Waals surface area (Å²) in [6.45, 7) is 4.89. The quantitative estimate of drug-likeness (QED) is 0.539. The van der Waals surface area contributed by atoms with Crippen molar-refractivity contribution in [2.24, 2.45) is 0 Å². The molecule has 1 heterocycles. The van der Waals surface area contributed by atoms with Crippen molar-refractivity contribution in [1.29, 1.82) is 0 Å². The van der Waals surface area contributed by atoms with E-state index in [2.05, 4.69) is 0 Å². The molecule has 0 N–H and O–H groups in total. The summed E-state index contributed by atoms with van der Waals surface area (Å²) in [5.74, 6) is 0.372. The highest BCUT2D eigenvalue weighted by Crippen LogP contribution is 2.29. The summed E-state index contributed by atoms with van der Waals surface area (Å²) < 4.78 is 53.5. The second-order valence-corrected chi connectivity index (χ2v) is 9.89. The lowest BCUT2D eigenvalue weighted by Gasteiger charge is -2.21. The maximum absolute atomic E-state index is 13.8. The topological polar surface area (TPSA) is 55.8 Å². The van der Waals surface area contributed by atoms with E-state index in [9.17, 15) is 12.8 Å². The van der Waals surface area contributed by atoms with Crippen molar-refractivity contribution >= 4 is 10.0 Å². The summed E-state index contributed by atoms with van der Waals surface area (Å²) >= 11 is 0. The molecule has 1 aliphatic heterocycles. The Balaban J connectivity index is 1.52. The largest absolute Gasteiger partial charge is 0.492 e. The van der Waals surface area contributed by atoms with Crippen LogP contribution >= 0.6 is 0 Å². The Labute approximate surface area is 188 Å². The Morgan fingerprint density at radius 2 is 1.84 bits per heavy atom. The Bertz CT molecular complexity index is 1230. The lowest BCUT2D eigenvalue weighted by Crippen LogP contribution is -2.33. The lowest BCUT2D eigenvalue weighted by molar-refractivity contribution is 0.105. The zero-order chi connectivity index (χ0) is 22.7. The monoisotopic (exact) mass is 455 g/mol. The summed E-state index contributed by atoms with van der Waals surface area (Å²) in [6.07, 6.45) is 0. The van der Waals surface area contributed by atoms with Crippen LogP contribution in [0.3, 0.4) is 0 Å². The number of hydrogen-bond acceptors (Lipinski definition) is 4. The van der Waals surface area contributed by atoms with Crippen molar-refractivity contribution in [3.63, 3.8) is 0 Å². The van der Waals surface area contributed by atoms with Gasteiger partial charge in [-0.1, -0.05) is 36.4 Å². The van der Waals surface area contributed by atoms with Gasteiger partial charge in [-0.05, 0) is 54.8 Å². The van der Waals surface area contributed by atoms with Crippen LogP contribution < -0.4 is 4.74 Å². The molecule has 0 amide bonds. The van der Waals surface area contributed by atoms with Gasteiger partial charge in [0.1, 0.15) is 18.2 Å². The average molecular weight is 456 g/mol. The Hall–Kier alpha value is -2.74. The summed E-state index contributed by atoms with van der Waals surface area (Å²) in [4.78, 5) is 0.324. The molecular weight excluding hydrogens is 429 g/mol. The minimum Gasteiger partial charge on any atom is -0.492 e. The fraction of sp³-hybridized carbons (Fsp3) is 0.280. The molecule has 3 aromatic rings. The first-order valence-corrected chi connectivity index (χ1v) is 11.9. The fourth-order valence-corrected chi connectivity index (χ4v) is 5.45. The molecule has 3 aromatic carbocycles. The number of aryl methyl sites for hydroxylation is 2. The van der Waals surface area contributed by atoms with Gasteiger partial charge in [0.25, 0.3) is 0 Å². The molecule has 0 atom stereocenters. The number of rotatable bonds is 6. The van der Waals surface area contributed by atoms with E-state index in [4.69, 9.17) is 9.47 Å². The van der Waals surface area contributed by atoms with Gasteiger partial charge in [0.05, 0.1) is 18.1 Å². The molecule has 5 nitrogen and oxygen atoms in total. The first kappa shape index (κ1) is 22.5. The molecule has 0 aromatic heterocycles. The van der Waals surface area contributed by atoms with Crippen LogP contribution in [-0.2, 0) is 34.5 Å². The van der Waals surface area contributed by atoms with Gasteiger partial charge >= 0.3 is 0 Å². The molecule has 0 saturated heterocycles. The van der Waals surface area contributed by atoms with E-state index in [-0.39, 0.29) is 38.7 Å². The predicted molar refractivity (Wildman–Crippen MR) is 120 cm³/mol. The molecule has 0 spiro atoms. The average Bonchev–Trinajstić information content (AvgIpc) is 2.99. The van der Waals surface area contributed by atoms with Crippen molar-refractivity contribution in [3.05, 3.63) is 94.3 Å². The van der Waals surface area contributed by atoms with Crippen LogP contribution in [0.1, 0.15) is 27.8 Å². The molecule has 4 rings (SSSR count). The zero-order valence-electron chi connectivity index (χ0n) is 18.2. The minimum atomic E-state index is -3.67. The molecular formula is C25H26FNO4S. The van der Waals surface area contributed by atoms with E-state index < -0.39 is 10.0 Å². The van der Waals surface area contributed by atoms with Crippen molar-refractivity contribution in [2.45, 2.75) is 38.5 Å². The first-order chi connectivity index (χ1) is 15.3. The van der Waals surface area contributed by atoms with E-state index in [0.717, 1.165) is 22.3 Å². The first-order valence-electron chi connectivity index (χ1n) is 10.5. The lowest BCUT2D eigenvalue weighted by atomic mass is 10.1. The van der Waals surface area contributed by atoms with Crippen LogP contribution in [0.5, 0.6) is 5.75 Å². The van der Waals surface area contributed by atoms with E-state index in [0.29, 0.717) is 16.2 Å². The maximum atomic E-state index is 13.8. The van der Waals surface area contributed by atoms with Crippen LogP contribution in [0.4, 0.5) is 4.39 Å². The number of fused-ring (bicyclic) bond motifs is 1. The normalized spacial score (nSPS) is 14.5. The third kappa shape index (κ3) is 4.85. The van der Waals surface area contributed by atoms with E-state index in [1.807, 2.05) is 37.3 Å². The summed E-state index contributed by atoms with van der Waals surface area (Å²) in [7, 11) is -3.67. The highest BCUT2D eigenvalue weighted by Gasteiger charge is 2.29. The van der Waals surface area contributed by atoms with Gasteiger partial charge in [-0.25, -0.2) is 12.8 Å². The van der Waals surface area contributed by atoms with Crippen molar-refractivity contribution in [1.82, 2.24) is 4.31 Å². The van der Waals surface area contributed by atoms with Gasteiger partial charge in [-0.3, -0.25) is 0 Å². The molecule has 168 valence electrons. The highest BCUT2D eigenvalue weighted by atomic mass is 32.2. The summed E-state index contributed by atoms with van der Waals surface area (Å²) in [5, 5.41) is 0. The van der Waals surface area contributed by atoms with Gasteiger partial charge in [-0.15, -0.1) is 0 Å². The SMILES string of the molecule is Cc1ccc(C)c(S(=O)(=O)N2CCOc3ccc(COCc4ccccc4F)cc3C2)c1. The van der Waals surface area contributed by atoms with E-state index >= 15 is 0 Å². The fourth-order valence-electron chi connectivity index (χ4n) is 3.74. The highest BCUT2D eigenvalue weighted by molar-refractivity contribution is 7.89. The Morgan fingerprint density at radius 3 is 2.66 bits per heavy atom. The van der Waals surface area contributed by atoms with Gasteiger partial charge in [0, 0.05) is 24.2 Å². The third-order valence-corrected chi connectivity index (χ3v) is 7.50. The van der Waals surface area contributed by atoms with Crippen LogP contribution in [0, 0.1) is 19.7 Å². The van der Waals surface area contributed by atoms with Crippen LogP contribution in [0.15, 0.2) is 65.6 Å². The minimum absolute atomic E-state index is 0.160. The molecule has 32 heavy (non-hydrogen) atoms. The number of benzene rings is 3. The summed E-state index contributed by atoms with van der Waals surface area (Å²) in [5.41, 5.74) is 3.76. The van der Waals surface area contributed by atoms with Gasteiger partial charge in [0.15, 0.2) is 0 Å². The van der Waals surface area contributed by atoms with Crippen LogP contribution in [-0.4, -0.2) is 25.9 Å². The maximum Gasteiger partial charge on any atom is 0.243 e. The third-order valence-electron chi connectivity index (χ3n) is 5.52. The van der Waals surface area contributed by atoms with Gasteiger partial charge < -0.3 is 9.47 Å². The summed E-state index contributed by atoms with van der Waals surface area (Å²) in [6, 6.07) is 17.6. The second-order valence-electron chi connectivity index (χ2n) is 7.98. The standard InChI is InChI=1S/C25H26FNO4S/c1-18-7-8-19(2)25(13-18)32(28,29)27-11-12-31-24-10-9-20(14-22(24)15-27)16-30-17-21-5-3-4-6-23(21)26/h3-10,13-14H,11-12,15-17H2,1-2H3. The number of hydrogen-bond donors (Lipinski definition) is 0. The smallest absolute Gasteiger partial charge is 0.243 e. The Morgan fingerprint density at radius 1 is 1.03 bits per heavy atom. The number of nitrogens with zero attached hydrogens (tertiary/aromatic N) is 1. The molecule has 0 radical (unpaired) electrons. The number of halogens is 1. The molecule has 0 fully saturated rings. The number of sulfonamides is 1.